The number of ether oxygens (including phenoxy) is 2. The van der Waals surface area contributed by atoms with E-state index in [1.807, 2.05) is 18.2 Å². The Labute approximate surface area is 419 Å². The molecule has 8 nitrogen and oxygen atoms in total. The van der Waals surface area contributed by atoms with Gasteiger partial charge in [0.2, 0.25) is 75.6 Å². The average molecular weight is 1050 g/mol. The van der Waals surface area contributed by atoms with Crippen molar-refractivity contribution in [1.29, 1.82) is 0 Å². The first-order valence-electron chi connectivity index (χ1n) is 24.8. The second-order valence-electron chi connectivity index (χ2n) is 17.3. The Morgan fingerprint density at radius 3 is 1.32 bits per heavy atom. The van der Waals surface area contributed by atoms with E-state index >= 15 is 0 Å². The first-order valence-corrected chi connectivity index (χ1v) is 25.7. The number of amides is 1. The number of unbranched alkanes of at least 4 members (excludes halogenated alkanes) is 18. The summed E-state index contributed by atoms with van der Waals surface area (Å²) < 4.78 is 144. The number of halogens is 10. The maximum Gasteiger partial charge on any atom is 0.334 e. The van der Waals surface area contributed by atoms with Crippen molar-refractivity contribution in [1.82, 2.24) is 5.32 Å². The molecule has 2 N–H and O–H groups in total. The molecule has 1 amide bonds. The van der Waals surface area contributed by atoms with Crippen molar-refractivity contribution in [2.24, 2.45) is 0 Å². The van der Waals surface area contributed by atoms with Crippen LogP contribution in [0.15, 0.2) is 29.6 Å². The number of benzene rings is 3. The van der Waals surface area contributed by atoms with Crippen molar-refractivity contribution in [3.8, 4) is 11.5 Å². The Kier molecular flexibility index (Phi) is 30.6. The SMILES string of the molecule is CCCCCCCCCC(=O)NC(Cc1csc2ccccc12)C(=O)Oc1c(F)c(F)c(F)c(F)c1F.CCCCCCCCCC(=O)O.CCCCCCCCCC(=O)Oc1c(F)c(F)c(F)c(F)c1F. The van der Waals surface area contributed by atoms with Crippen LogP contribution in [0.3, 0.4) is 0 Å². The number of carbonyl (C=O) groups is 4. The van der Waals surface area contributed by atoms with Gasteiger partial charge in [0, 0.05) is 30.4 Å². The van der Waals surface area contributed by atoms with E-state index in [9.17, 15) is 63.1 Å². The van der Waals surface area contributed by atoms with E-state index < -0.39 is 99.5 Å². The highest BCUT2D eigenvalue weighted by Gasteiger charge is 2.32. The van der Waals surface area contributed by atoms with Crippen LogP contribution >= 0.6 is 11.3 Å². The highest BCUT2D eigenvalue weighted by Crippen LogP contribution is 2.32. The second-order valence-corrected chi connectivity index (χ2v) is 18.2. The van der Waals surface area contributed by atoms with Crippen LogP contribution in [-0.4, -0.2) is 35.0 Å². The zero-order chi connectivity index (χ0) is 53.6. The third kappa shape index (κ3) is 21.9. The number of carboxylic acid groups (broad SMARTS) is 1. The lowest BCUT2D eigenvalue weighted by atomic mass is 10.0. The molecule has 4 rings (SSSR count). The molecule has 72 heavy (non-hydrogen) atoms. The van der Waals surface area contributed by atoms with Crippen LogP contribution < -0.4 is 14.8 Å². The lowest BCUT2D eigenvalue weighted by molar-refractivity contribution is -0.139. The summed E-state index contributed by atoms with van der Waals surface area (Å²) in [5.41, 5.74) is 0.663. The smallest absolute Gasteiger partial charge is 0.334 e. The van der Waals surface area contributed by atoms with Crippen molar-refractivity contribution < 1.29 is 77.7 Å². The maximum absolute atomic E-state index is 14.1. The number of carboxylic acids is 1. The normalized spacial score (nSPS) is 11.3. The van der Waals surface area contributed by atoms with Gasteiger partial charge >= 0.3 is 17.9 Å². The summed E-state index contributed by atoms with van der Waals surface area (Å²) in [7, 11) is 0. The predicted molar refractivity (Wildman–Crippen MR) is 257 cm³/mol. The second kappa shape index (κ2) is 35.0. The monoisotopic (exact) mass is 1050 g/mol. The van der Waals surface area contributed by atoms with Crippen molar-refractivity contribution in [2.75, 3.05) is 0 Å². The average Bonchev–Trinajstić information content (AvgIpc) is 3.78. The highest BCUT2D eigenvalue weighted by atomic mass is 32.1. The number of esters is 2. The molecule has 1 aromatic heterocycles. The molecule has 0 radical (unpaired) electrons. The molecule has 19 heteroatoms. The van der Waals surface area contributed by atoms with E-state index in [-0.39, 0.29) is 19.3 Å². The first kappa shape index (κ1) is 62.9. The van der Waals surface area contributed by atoms with Crippen molar-refractivity contribution in [2.45, 2.75) is 187 Å². The summed E-state index contributed by atoms with van der Waals surface area (Å²) in [6, 6.07) is 5.89. The summed E-state index contributed by atoms with van der Waals surface area (Å²) in [4.78, 5) is 47.1. The molecular formula is C53H67F10NO7S. The fourth-order valence-corrected chi connectivity index (χ4v) is 8.23. The van der Waals surface area contributed by atoms with E-state index in [1.165, 1.54) is 43.4 Å². The molecule has 0 fully saturated rings. The lowest BCUT2D eigenvalue weighted by Gasteiger charge is -2.18. The summed E-state index contributed by atoms with van der Waals surface area (Å²) in [6.45, 7) is 6.41. The molecule has 1 heterocycles. The lowest BCUT2D eigenvalue weighted by Crippen LogP contribution is -2.44. The van der Waals surface area contributed by atoms with E-state index in [2.05, 4.69) is 35.6 Å². The van der Waals surface area contributed by atoms with Crippen LogP contribution in [0.1, 0.15) is 180 Å². The maximum atomic E-state index is 14.1. The Bertz CT molecular complexity index is 2250. The van der Waals surface area contributed by atoms with Gasteiger partial charge in [0.1, 0.15) is 6.04 Å². The molecular weight excluding hydrogens is 985 g/mol. The third-order valence-electron chi connectivity index (χ3n) is 11.3. The molecule has 1 unspecified atom stereocenters. The van der Waals surface area contributed by atoms with E-state index in [1.54, 1.807) is 11.4 Å². The number of carbonyl (C=O) groups excluding carboxylic acids is 3. The van der Waals surface area contributed by atoms with Gasteiger partial charge in [0.25, 0.3) is 0 Å². The third-order valence-corrected chi connectivity index (χ3v) is 12.4. The van der Waals surface area contributed by atoms with Crippen LogP contribution in [-0.2, 0) is 25.6 Å². The molecule has 3 aromatic carbocycles. The van der Waals surface area contributed by atoms with Crippen LogP contribution in [0.2, 0.25) is 0 Å². The fraction of sp³-hybridized carbons (Fsp3) is 0.547. The quantitative estimate of drug-likeness (QED) is 0.0133. The number of thiophene rings is 1. The van der Waals surface area contributed by atoms with Crippen molar-refractivity contribution in [3.05, 3.63) is 93.4 Å². The Balaban J connectivity index is 0.000000430. The Hall–Kier alpha value is -5.20. The molecule has 0 aliphatic heterocycles. The zero-order valence-corrected chi connectivity index (χ0v) is 42.0. The van der Waals surface area contributed by atoms with E-state index in [0.717, 1.165) is 100.0 Å². The minimum atomic E-state index is -2.36. The van der Waals surface area contributed by atoms with Crippen LogP contribution in [0.4, 0.5) is 43.9 Å². The molecule has 1 atom stereocenters. The number of rotatable bonds is 30. The molecule has 0 bridgehead atoms. The zero-order valence-electron chi connectivity index (χ0n) is 41.2. The summed E-state index contributed by atoms with van der Waals surface area (Å²) in [5, 5.41) is 13.4. The molecule has 0 aliphatic carbocycles. The van der Waals surface area contributed by atoms with Gasteiger partial charge in [-0.25, -0.2) is 31.1 Å². The van der Waals surface area contributed by atoms with Crippen LogP contribution in [0.5, 0.6) is 11.5 Å². The molecule has 0 saturated carbocycles. The van der Waals surface area contributed by atoms with Crippen LogP contribution in [0.25, 0.3) is 10.1 Å². The Morgan fingerprint density at radius 2 is 0.875 bits per heavy atom. The van der Waals surface area contributed by atoms with Gasteiger partial charge in [0.05, 0.1) is 0 Å². The van der Waals surface area contributed by atoms with Gasteiger partial charge < -0.3 is 19.9 Å². The summed E-state index contributed by atoms with van der Waals surface area (Å²) in [6.07, 6.45) is 21.8. The number of fused-ring (bicyclic) bond motifs is 1. The highest BCUT2D eigenvalue weighted by molar-refractivity contribution is 7.17. The van der Waals surface area contributed by atoms with Gasteiger partial charge in [-0.15, -0.1) is 11.3 Å². The van der Waals surface area contributed by atoms with E-state index in [4.69, 9.17) is 5.11 Å². The van der Waals surface area contributed by atoms with Crippen molar-refractivity contribution >= 4 is 45.2 Å². The van der Waals surface area contributed by atoms with Gasteiger partial charge in [-0.3, -0.25) is 14.4 Å². The number of hydrogen-bond donors (Lipinski definition) is 2. The standard InChI is InChI=1S/C27H28F5NO3S.C16H19F5O2.C10H20O2/c1-2-3-4-5-6-7-8-13-20(34)33-18(14-16-15-37-19-12-10-9-11-17(16)19)27(35)36-26-24(31)22(29)21(28)23(30)25(26)32;1-2-3-4-5-6-7-8-9-10(22)23-16-14(20)12(18)11(17)13(19)15(16)21;1-2-3-4-5-6-7-8-9-10(11)12/h9-12,15,18H,2-8,13-14H2,1H3,(H,33,34);2-9H2,1H3;2-9H2,1H3,(H,11,12). The van der Waals surface area contributed by atoms with Gasteiger partial charge in [-0.05, 0) is 41.7 Å². The Morgan fingerprint density at radius 1 is 0.500 bits per heavy atom. The van der Waals surface area contributed by atoms with Gasteiger partial charge in [-0.2, -0.15) is 17.6 Å². The minimum absolute atomic E-state index is 0.0962. The first-order chi connectivity index (χ1) is 34.4. The molecule has 0 spiro atoms. The molecule has 402 valence electrons. The van der Waals surface area contributed by atoms with Crippen LogP contribution in [0, 0.1) is 58.2 Å². The summed E-state index contributed by atoms with van der Waals surface area (Å²) in [5.74, 6) is -29.0. The molecule has 0 saturated heterocycles. The minimum Gasteiger partial charge on any atom is -0.481 e. The van der Waals surface area contributed by atoms with Crippen molar-refractivity contribution in [3.63, 3.8) is 0 Å². The fourth-order valence-electron chi connectivity index (χ4n) is 7.26. The topological polar surface area (TPSA) is 119 Å². The summed E-state index contributed by atoms with van der Waals surface area (Å²) >= 11 is 1.40. The van der Waals surface area contributed by atoms with Gasteiger partial charge in [-0.1, -0.05) is 155 Å². The molecule has 4 aromatic rings. The van der Waals surface area contributed by atoms with Gasteiger partial charge in [0.15, 0.2) is 0 Å². The number of aliphatic carboxylic acids is 1. The predicted octanol–water partition coefficient (Wildman–Crippen LogP) is 16.0. The molecule has 0 aliphatic rings. The largest absolute Gasteiger partial charge is 0.481 e. The number of nitrogens with one attached hydrogen (secondary N) is 1. The van der Waals surface area contributed by atoms with E-state index in [0.29, 0.717) is 24.8 Å². The number of hydrogen-bond acceptors (Lipinski definition) is 7.